The lowest BCUT2D eigenvalue weighted by Gasteiger charge is -2.10. The second-order valence-electron chi connectivity index (χ2n) is 7.80. The number of aryl methyl sites for hydroxylation is 1. The highest BCUT2D eigenvalue weighted by atomic mass is 35.5. The van der Waals surface area contributed by atoms with Gasteiger partial charge in [-0.25, -0.2) is 0 Å². The fourth-order valence-electron chi connectivity index (χ4n) is 3.97. The lowest BCUT2D eigenvalue weighted by atomic mass is 10.1. The van der Waals surface area contributed by atoms with Gasteiger partial charge in [0, 0.05) is 40.3 Å². The molecule has 0 bridgehead atoms. The molecule has 0 spiro atoms. The molecule has 0 unspecified atom stereocenters. The van der Waals surface area contributed by atoms with Crippen LogP contribution in [0.2, 0.25) is 10.0 Å². The Morgan fingerprint density at radius 1 is 1.06 bits per heavy atom. The molecule has 7 heteroatoms. The van der Waals surface area contributed by atoms with Crippen molar-refractivity contribution in [3.05, 3.63) is 74.2 Å². The Bertz CT molecular complexity index is 1230. The number of unbranched alkanes of at least 4 members (excludes halogenated alkanes) is 1. The molecule has 32 heavy (non-hydrogen) atoms. The summed E-state index contributed by atoms with van der Waals surface area (Å²) in [5.74, 6) is -0.207. The molecule has 0 radical (unpaired) electrons. The number of carbonyl (C=O) groups excluding carboxylic acids is 2. The van der Waals surface area contributed by atoms with E-state index in [4.69, 9.17) is 23.2 Å². The summed E-state index contributed by atoms with van der Waals surface area (Å²) in [6.45, 7) is 5.22. The van der Waals surface area contributed by atoms with E-state index in [2.05, 4.69) is 23.6 Å². The van der Waals surface area contributed by atoms with Crippen LogP contribution < -0.4 is 0 Å². The lowest BCUT2D eigenvalue weighted by Crippen LogP contribution is -2.29. The number of amides is 2. The summed E-state index contributed by atoms with van der Waals surface area (Å²) in [4.78, 5) is 27.0. The summed E-state index contributed by atoms with van der Waals surface area (Å²) in [5.41, 5.74) is 4.20. The van der Waals surface area contributed by atoms with Crippen LogP contribution in [0.25, 0.3) is 17.0 Å². The van der Waals surface area contributed by atoms with Gasteiger partial charge in [-0.15, -0.1) is 0 Å². The third kappa shape index (κ3) is 4.47. The van der Waals surface area contributed by atoms with Gasteiger partial charge in [0.2, 0.25) is 0 Å². The van der Waals surface area contributed by atoms with Gasteiger partial charge in [-0.1, -0.05) is 67.7 Å². The molecule has 0 N–H and O–H groups in total. The number of fused-ring (bicyclic) bond motifs is 1. The summed E-state index contributed by atoms with van der Waals surface area (Å²) in [6.07, 6.45) is 6.50. The number of nitrogens with zero attached hydrogens (tertiary/aromatic N) is 2. The Hall–Kier alpha value is -2.21. The van der Waals surface area contributed by atoms with Gasteiger partial charge in [0.15, 0.2) is 0 Å². The summed E-state index contributed by atoms with van der Waals surface area (Å²) < 4.78 is 2.16. The van der Waals surface area contributed by atoms with E-state index < -0.39 is 0 Å². The summed E-state index contributed by atoms with van der Waals surface area (Å²) >= 11 is 13.5. The fourth-order valence-corrected chi connectivity index (χ4v) is 5.30. The summed E-state index contributed by atoms with van der Waals surface area (Å²) in [7, 11) is 0. The molecule has 0 atom stereocenters. The molecule has 4 rings (SSSR count). The highest BCUT2D eigenvalue weighted by Crippen LogP contribution is 2.35. The number of aromatic nitrogens is 1. The smallest absolute Gasteiger partial charge is 0.293 e. The zero-order chi connectivity index (χ0) is 22.8. The Morgan fingerprint density at radius 2 is 1.88 bits per heavy atom. The largest absolute Gasteiger partial charge is 0.342 e. The number of hydrogen-bond acceptors (Lipinski definition) is 3. The maximum atomic E-state index is 12.8. The van der Waals surface area contributed by atoms with Gasteiger partial charge in [-0.05, 0) is 53.9 Å². The molecule has 1 aromatic heterocycles. The molecule has 3 aromatic rings. The number of rotatable bonds is 7. The normalized spacial score (nSPS) is 15.5. The first-order chi connectivity index (χ1) is 15.4. The third-order valence-electron chi connectivity index (χ3n) is 5.64. The predicted molar refractivity (Wildman–Crippen MR) is 134 cm³/mol. The predicted octanol–water partition coefficient (Wildman–Crippen LogP) is 7.40. The first-order valence-electron chi connectivity index (χ1n) is 10.7. The standard InChI is InChI=1S/C25H24Cl2N2O2S/c1-3-5-11-29-24(30)22(32-25(29)31)12-18-15-28(14-17-9-10-19(26)13-21(17)27)23-16(4-2)7-6-8-20(18)23/h6-10,12-13,15H,3-5,11,14H2,1-2H3/b22-12-. The maximum Gasteiger partial charge on any atom is 0.293 e. The molecule has 4 nitrogen and oxygen atoms in total. The lowest BCUT2D eigenvalue weighted by molar-refractivity contribution is -0.122. The highest BCUT2D eigenvalue weighted by Gasteiger charge is 2.34. The monoisotopic (exact) mass is 486 g/mol. The van der Waals surface area contributed by atoms with E-state index in [-0.39, 0.29) is 11.1 Å². The quantitative estimate of drug-likeness (QED) is 0.326. The minimum atomic E-state index is -0.207. The van der Waals surface area contributed by atoms with E-state index in [0.717, 1.165) is 53.1 Å². The first kappa shape index (κ1) is 23.0. The molecule has 166 valence electrons. The van der Waals surface area contributed by atoms with Crippen LogP contribution in [-0.4, -0.2) is 27.2 Å². The number of benzene rings is 2. The van der Waals surface area contributed by atoms with Crippen molar-refractivity contribution < 1.29 is 9.59 Å². The van der Waals surface area contributed by atoms with Crippen LogP contribution in [-0.2, 0) is 17.8 Å². The molecule has 1 saturated heterocycles. The topological polar surface area (TPSA) is 42.3 Å². The van der Waals surface area contributed by atoms with E-state index in [9.17, 15) is 9.59 Å². The Morgan fingerprint density at radius 3 is 2.59 bits per heavy atom. The maximum absolute atomic E-state index is 12.8. The molecule has 0 saturated carbocycles. The fraction of sp³-hybridized carbons (Fsp3) is 0.280. The SMILES string of the molecule is CCCCN1C(=O)S/C(=C\c2cn(Cc3ccc(Cl)cc3Cl)c3c(CC)cccc23)C1=O. The van der Waals surface area contributed by atoms with Crippen LogP contribution in [0.3, 0.4) is 0 Å². The van der Waals surface area contributed by atoms with Gasteiger partial charge in [-0.2, -0.15) is 0 Å². The van der Waals surface area contributed by atoms with E-state index in [1.807, 2.05) is 37.4 Å². The van der Waals surface area contributed by atoms with Crippen LogP contribution in [0, 0.1) is 0 Å². The number of thioether (sulfide) groups is 1. The van der Waals surface area contributed by atoms with E-state index >= 15 is 0 Å². The summed E-state index contributed by atoms with van der Waals surface area (Å²) in [6, 6.07) is 11.7. The van der Waals surface area contributed by atoms with Gasteiger partial charge in [0.05, 0.1) is 10.4 Å². The van der Waals surface area contributed by atoms with Crippen molar-refractivity contribution in [2.45, 2.75) is 39.7 Å². The molecule has 1 fully saturated rings. The molecule has 1 aliphatic heterocycles. The number of carbonyl (C=O) groups is 2. The molecular formula is C25H24Cl2N2O2S. The second kappa shape index (κ2) is 9.74. The van der Waals surface area contributed by atoms with E-state index in [0.29, 0.717) is 28.0 Å². The number of para-hydroxylation sites is 1. The van der Waals surface area contributed by atoms with Crippen molar-refractivity contribution >= 4 is 63.1 Å². The van der Waals surface area contributed by atoms with E-state index in [1.165, 1.54) is 10.5 Å². The zero-order valence-electron chi connectivity index (χ0n) is 18.0. The van der Waals surface area contributed by atoms with Crippen molar-refractivity contribution in [3.63, 3.8) is 0 Å². The van der Waals surface area contributed by atoms with Crippen LogP contribution in [0.15, 0.2) is 47.5 Å². The van der Waals surface area contributed by atoms with Crippen molar-refractivity contribution in [2.24, 2.45) is 0 Å². The van der Waals surface area contributed by atoms with Crippen molar-refractivity contribution in [2.75, 3.05) is 6.54 Å². The minimum Gasteiger partial charge on any atom is -0.342 e. The average molecular weight is 487 g/mol. The van der Waals surface area contributed by atoms with Crippen LogP contribution in [0.5, 0.6) is 0 Å². The van der Waals surface area contributed by atoms with Gasteiger partial charge in [-0.3, -0.25) is 14.5 Å². The van der Waals surface area contributed by atoms with Gasteiger partial charge in [0.1, 0.15) is 0 Å². The van der Waals surface area contributed by atoms with Crippen molar-refractivity contribution in [3.8, 4) is 0 Å². The minimum absolute atomic E-state index is 0.194. The second-order valence-corrected chi connectivity index (χ2v) is 9.64. The molecule has 1 aliphatic rings. The van der Waals surface area contributed by atoms with Crippen LogP contribution >= 0.6 is 35.0 Å². The van der Waals surface area contributed by atoms with Crippen LogP contribution in [0.1, 0.15) is 43.4 Å². The van der Waals surface area contributed by atoms with Gasteiger partial charge < -0.3 is 4.57 Å². The number of hydrogen-bond donors (Lipinski definition) is 0. The zero-order valence-corrected chi connectivity index (χ0v) is 20.4. The number of halogens is 2. The first-order valence-corrected chi connectivity index (χ1v) is 12.3. The average Bonchev–Trinajstić information content (AvgIpc) is 3.25. The molecular weight excluding hydrogens is 463 g/mol. The molecule has 2 heterocycles. The molecule has 2 amide bonds. The van der Waals surface area contributed by atoms with Gasteiger partial charge >= 0.3 is 0 Å². The third-order valence-corrected chi connectivity index (χ3v) is 7.14. The van der Waals surface area contributed by atoms with Crippen molar-refractivity contribution in [1.29, 1.82) is 0 Å². The Labute approximate surface area is 202 Å². The Kier molecular flexibility index (Phi) is 6.99. The van der Waals surface area contributed by atoms with Crippen molar-refractivity contribution in [1.82, 2.24) is 9.47 Å². The Balaban J connectivity index is 1.77. The van der Waals surface area contributed by atoms with Gasteiger partial charge in [0.25, 0.3) is 11.1 Å². The highest BCUT2D eigenvalue weighted by molar-refractivity contribution is 8.18. The molecule has 2 aromatic carbocycles. The van der Waals surface area contributed by atoms with E-state index in [1.54, 1.807) is 6.07 Å². The molecule has 0 aliphatic carbocycles. The van der Waals surface area contributed by atoms with Crippen LogP contribution in [0.4, 0.5) is 4.79 Å². The summed E-state index contributed by atoms with van der Waals surface area (Å²) in [5, 5.41) is 2.08. The number of imide groups is 1.